The van der Waals surface area contributed by atoms with E-state index in [4.69, 9.17) is 17.3 Å². The van der Waals surface area contributed by atoms with Gasteiger partial charge in [-0.1, -0.05) is 11.6 Å². The minimum atomic E-state index is 0.653. The summed E-state index contributed by atoms with van der Waals surface area (Å²) in [5, 5.41) is 7.13. The second-order valence-corrected chi connectivity index (χ2v) is 5.15. The van der Waals surface area contributed by atoms with Gasteiger partial charge in [-0.2, -0.15) is 0 Å². The Bertz CT molecular complexity index is 510. The van der Waals surface area contributed by atoms with Gasteiger partial charge in [-0.05, 0) is 25.1 Å². The third kappa shape index (κ3) is 3.35. The van der Waals surface area contributed by atoms with Gasteiger partial charge >= 0.3 is 0 Å². The Hall–Kier alpha value is -1.26. The largest absolute Gasteiger partial charge is 0.399 e. The fourth-order valence-electron chi connectivity index (χ4n) is 1.50. The number of nitrogens with one attached hydrogen (secondary N) is 1. The highest BCUT2D eigenvalue weighted by Gasteiger charge is 2.01. The fourth-order valence-corrected chi connectivity index (χ4v) is 2.53. The quantitative estimate of drug-likeness (QED) is 0.836. The van der Waals surface area contributed by atoms with Crippen LogP contribution in [0.4, 0.5) is 11.4 Å². The van der Waals surface area contributed by atoms with Crippen molar-refractivity contribution < 1.29 is 0 Å². The summed E-state index contributed by atoms with van der Waals surface area (Å²) in [6, 6.07) is 5.48. The van der Waals surface area contributed by atoms with E-state index in [0.717, 1.165) is 29.4 Å². The number of anilines is 2. The fraction of sp³-hybridized carbons (Fsp3) is 0.250. The Morgan fingerprint density at radius 1 is 1.47 bits per heavy atom. The van der Waals surface area contributed by atoms with Crippen molar-refractivity contribution in [1.82, 2.24) is 4.98 Å². The maximum Gasteiger partial charge on any atom is 0.0945 e. The molecule has 2 aromatic rings. The van der Waals surface area contributed by atoms with Gasteiger partial charge < -0.3 is 11.1 Å². The molecule has 0 spiro atoms. The molecule has 3 N–H and O–H groups in total. The molecule has 0 unspecified atom stereocenters. The second-order valence-electron chi connectivity index (χ2n) is 3.80. The number of hydrogen-bond acceptors (Lipinski definition) is 4. The number of nitrogens with two attached hydrogens (primary N) is 1. The maximum atomic E-state index is 6.06. The Morgan fingerprint density at radius 2 is 2.29 bits per heavy atom. The Labute approximate surface area is 110 Å². The lowest BCUT2D eigenvalue weighted by atomic mass is 10.3. The van der Waals surface area contributed by atoms with Crippen molar-refractivity contribution in [2.75, 3.05) is 17.6 Å². The van der Waals surface area contributed by atoms with Crippen LogP contribution in [-0.4, -0.2) is 11.5 Å². The first-order valence-corrected chi connectivity index (χ1v) is 6.61. The van der Waals surface area contributed by atoms with Gasteiger partial charge in [0.05, 0.1) is 15.7 Å². The molecule has 0 saturated heterocycles. The number of nitrogens with zero attached hydrogens (tertiary/aromatic N) is 1. The normalized spacial score (nSPS) is 10.5. The smallest absolute Gasteiger partial charge is 0.0945 e. The van der Waals surface area contributed by atoms with E-state index >= 15 is 0 Å². The highest BCUT2D eigenvalue weighted by molar-refractivity contribution is 7.09. The Morgan fingerprint density at radius 3 is 2.94 bits per heavy atom. The van der Waals surface area contributed by atoms with E-state index in [2.05, 4.69) is 15.7 Å². The summed E-state index contributed by atoms with van der Waals surface area (Å²) in [5.41, 5.74) is 8.30. The zero-order valence-corrected chi connectivity index (χ0v) is 11.1. The molecular formula is C12H14ClN3S. The minimum Gasteiger partial charge on any atom is -0.399 e. The zero-order valence-electron chi connectivity index (χ0n) is 9.53. The topological polar surface area (TPSA) is 50.9 Å². The molecule has 0 radical (unpaired) electrons. The van der Waals surface area contributed by atoms with Gasteiger partial charge in [-0.15, -0.1) is 11.3 Å². The Kier molecular flexibility index (Phi) is 3.86. The number of benzene rings is 1. The highest BCUT2D eigenvalue weighted by Crippen LogP contribution is 2.24. The number of nitrogen functional groups attached to an aromatic ring is 1. The van der Waals surface area contributed by atoms with Crippen molar-refractivity contribution in [2.24, 2.45) is 0 Å². The van der Waals surface area contributed by atoms with Gasteiger partial charge in [0.15, 0.2) is 0 Å². The molecule has 0 aliphatic carbocycles. The van der Waals surface area contributed by atoms with E-state index in [9.17, 15) is 0 Å². The number of hydrogen-bond donors (Lipinski definition) is 2. The molecule has 17 heavy (non-hydrogen) atoms. The number of aryl methyl sites for hydroxylation is 1. The molecule has 0 amide bonds. The summed E-state index contributed by atoms with van der Waals surface area (Å²) in [6.07, 6.45) is 0.902. The average molecular weight is 268 g/mol. The summed E-state index contributed by atoms with van der Waals surface area (Å²) < 4.78 is 0. The molecule has 1 aromatic carbocycles. The first-order valence-electron chi connectivity index (χ1n) is 5.35. The van der Waals surface area contributed by atoms with E-state index in [1.807, 2.05) is 19.1 Å². The van der Waals surface area contributed by atoms with Crippen molar-refractivity contribution in [3.8, 4) is 0 Å². The van der Waals surface area contributed by atoms with E-state index < -0.39 is 0 Å². The molecule has 5 heteroatoms. The van der Waals surface area contributed by atoms with Crippen molar-refractivity contribution in [3.63, 3.8) is 0 Å². The first-order chi connectivity index (χ1) is 8.15. The van der Waals surface area contributed by atoms with Gasteiger partial charge in [0, 0.05) is 29.7 Å². The third-order valence-electron chi connectivity index (χ3n) is 2.31. The maximum absolute atomic E-state index is 6.06. The Balaban J connectivity index is 1.90. The molecule has 2 rings (SSSR count). The molecule has 0 fully saturated rings. The summed E-state index contributed by atoms with van der Waals surface area (Å²) in [7, 11) is 0. The lowest BCUT2D eigenvalue weighted by Gasteiger charge is -2.07. The molecular weight excluding hydrogens is 254 g/mol. The van der Waals surface area contributed by atoms with Gasteiger partial charge in [0.2, 0.25) is 0 Å². The number of rotatable bonds is 4. The van der Waals surface area contributed by atoms with Crippen LogP contribution in [0.1, 0.15) is 10.7 Å². The molecule has 0 saturated carbocycles. The van der Waals surface area contributed by atoms with E-state index in [1.165, 1.54) is 0 Å². The van der Waals surface area contributed by atoms with E-state index in [-0.39, 0.29) is 0 Å². The SMILES string of the molecule is Cc1csc(CCNc2ccc(N)cc2Cl)n1. The van der Waals surface area contributed by atoms with Crippen LogP contribution in [0.5, 0.6) is 0 Å². The molecule has 1 aromatic heterocycles. The van der Waals surface area contributed by atoms with Gasteiger partial charge in [-0.25, -0.2) is 4.98 Å². The molecule has 0 aliphatic heterocycles. The van der Waals surface area contributed by atoms with Crippen LogP contribution in [-0.2, 0) is 6.42 Å². The number of aromatic nitrogens is 1. The van der Waals surface area contributed by atoms with Crippen molar-refractivity contribution >= 4 is 34.3 Å². The molecule has 0 atom stereocenters. The summed E-state index contributed by atoms with van der Waals surface area (Å²) in [5.74, 6) is 0. The van der Waals surface area contributed by atoms with Crippen LogP contribution in [0, 0.1) is 6.92 Å². The molecule has 90 valence electrons. The molecule has 0 bridgehead atoms. The van der Waals surface area contributed by atoms with Gasteiger partial charge in [0.1, 0.15) is 0 Å². The van der Waals surface area contributed by atoms with Gasteiger partial charge in [0.25, 0.3) is 0 Å². The lowest BCUT2D eigenvalue weighted by molar-refractivity contribution is 0.987. The standard InChI is InChI=1S/C12H14ClN3S/c1-8-7-17-12(16-8)4-5-15-11-3-2-9(14)6-10(11)13/h2-3,6-7,15H,4-5,14H2,1H3. The van der Waals surface area contributed by atoms with Crippen molar-refractivity contribution in [1.29, 1.82) is 0 Å². The summed E-state index contributed by atoms with van der Waals surface area (Å²) >= 11 is 7.75. The summed E-state index contributed by atoms with van der Waals surface area (Å²) in [6.45, 7) is 2.82. The van der Waals surface area contributed by atoms with Crippen LogP contribution in [0.15, 0.2) is 23.6 Å². The predicted molar refractivity (Wildman–Crippen MR) is 74.9 cm³/mol. The molecule has 0 aliphatic rings. The highest BCUT2D eigenvalue weighted by atomic mass is 35.5. The molecule has 3 nitrogen and oxygen atoms in total. The third-order valence-corrected chi connectivity index (χ3v) is 3.65. The van der Waals surface area contributed by atoms with Crippen LogP contribution in [0.25, 0.3) is 0 Å². The monoisotopic (exact) mass is 267 g/mol. The molecule has 1 heterocycles. The van der Waals surface area contributed by atoms with E-state index in [0.29, 0.717) is 10.7 Å². The van der Waals surface area contributed by atoms with Gasteiger partial charge in [-0.3, -0.25) is 0 Å². The first kappa shape index (κ1) is 12.2. The number of thiazole rings is 1. The lowest BCUT2D eigenvalue weighted by Crippen LogP contribution is -2.05. The number of halogens is 1. The minimum absolute atomic E-state index is 0.653. The van der Waals surface area contributed by atoms with Crippen molar-refractivity contribution in [3.05, 3.63) is 39.3 Å². The van der Waals surface area contributed by atoms with Crippen molar-refractivity contribution in [2.45, 2.75) is 13.3 Å². The van der Waals surface area contributed by atoms with Crippen LogP contribution in [0.3, 0.4) is 0 Å². The second kappa shape index (κ2) is 5.38. The van der Waals surface area contributed by atoms with Crippen LogP contribution >= 0.6 is 22.9 Å². The summed E-state index contributed by atoms with van der Waals surface area (Å²) in [4.78, 5) is 4.40. The van der Waals surface area contributed by atoms with Crippen LogP contribution in [0.2, 0.25) is 5.02 Å². The zero-order chi connectivity index (χ0) is 12.3. The average Bonchev–Trinajstić information content (AvgIpc) is 2.68. The van der Waals surface area contributed by atoms with E-state index in [1.54, 1.807) is 17.4 Å². The predicted octanol–water partition coefficient (Wildman–Crippen LogP) is 3.34. The van der Waals surface area contributed by atoms with Crippen LogP contribution < -0.4 is 11.1 Å².